The monoisotopic (exact) mass is 481 g/mol. The van der Waals surface area contributed by atoms with E-state index in [4.69, 9.17) is 0 Å². The smallest absolute Gasteiger partial charge is 0.262 e. The maximum atomic E-state index is 13.3. The quantitative estimate of drug-likeness (QED) is 0.283. The Morgan fingerprint density at radius 3 is 2.47 bits per heavy atom. The van der Waals surface area contributed by atoms with Crippen LogP contribution < -0.4 is 10.9 Å². The molecule has 0 aliphatic heterocycles. The Morgan fingerprint density at radius 2 is 1.79 bits per heavy atom. The number of nitrogens with zero attached hydrogens (tertiary/aromatic N) is 2. The molecule has 1 aromatic heterocycles. The molecule has 0 unspecified atom stereocenters. The normalized spacial score (nSPS) is 14.1. The van der Waals surface area contributed by atoms with Gasteiger partial charge in [0.25, 0.3) is 11.5 Å². The highest BCUT2D eigenvalue weighted by Crippen LogP contribution is 2.22. The molecule has 0 radical (unpaired) electrons. The number of rotatable bonds is 8. The molecular formula is C26H28FN3O3S. The minimum Gasteiger partial charge on any atom is -0.349 e. The van der Waals surface area contributed by atoms with Gasteiger partial charge in [0.15, 0.2) is 10.9 Å². The van der Waals surface area contributed by atoms with Crippen LogP contribution >= 0.6 is 11.8 Å². The van der Waals surface area contributed by atoms with Crippen LogP contribution in [0.15, 0.2) is 52.4 Å². The van der Waals surface area contributed by atoms with Crippen LogP contribution in [0.25, 0.3) is 10.9 Å². The lowest BCUT2D eigenvalue weighted by atomic mass is 10.1. The van der Waals surface area contributed by atoms with E-state index in [-0.39, 0.29) is 35.0 Å². The van der Waals surface area contributed by atoms with Crippen LogP contribution in [0.2, 0.25) is 0 Å². The number of thioether (sulfide) groups is 1. The summed E-state index contributed by atoms with van der Waals surface area (Å²) in [4.78, 5) is 43.3. The molecule has 2 aromatic carbocycles. The molecule has 1 aliphatic rings. The van der Waals surface area contributed by atoms with Crippen LogP contribution in [-0.2, 0) is 6.54 Å². The van der Waals surface area contributed by atoms with Gasteiger partial charge < -0.3 is 5.32 Å². The molecule has 1 aliphatic carbocycles. The number of carbonyl (C=O) groups is 2. The molecule has 0 bridgehead atoms. The lowest BCUT2D eigenvalue weighted by Gasteiger charge is -2.16. The van der Waals surface area contributed by atoms with Gasteiger partial charge in [-0.3, -0.25) is 19.0 Å². The number of hydrogen-bond acceptors (Lipinski definition) is 5. The summed E-state index contributed by atoms with van der Waals surface area (Å²) in [7, 11) is 0. The van der Waals surface area contributed by atoms with E-state index in [1.54, 1.807) is 22.8 Å². The highest BCUT2D eigenvalue weighted by molar-refractivity contribution is 7.99. The van der Waals surface area contributed by atoms with Crippen molar-refractivity contribution in [3.8, 4) is 0 Å². The Labute approximate surface area is 202 Å². The summed E-state index contributed by atoms with van der Waals surface area (Å²) >= 11 is 1.17. The molecule has 0 saturated heterocycles. The molecule has 1 fully saturated rings. The highest BCUT2D eigenvalue weighted by atomic mass is 32.2. The summed E-state index contributed by atoms with van der Waals surface area (Å²) in [5.74, 6) is -0.494. The van der Waals surface area contributed by atoms with Crippen molar-refractivity contribution in [1.82, 2.24) is 14.9 Å². The van der Waals surface area contributed by atoms with Gasteiger partial charge in [0.2, 0.25) is 0 Å². The second-order valence-electron chi connectivity index (χ2n) is 9.11. The van der Waals surface area contributed by atoms with Gasteiger partial charge >= 0.3 is 0 Å². The molecule has 4 rings (SSSR count). The molecule has 6 nitrogen and oxygen atoms in total. The Kier molecular flexibility index (Phi) is 7.46. The third-order valence-electron chi connectivity index (χ3n) is 5.92. The largest absolute Gasteiger partial charge is 0.349 e. The predicted octanol–water partition coefficient (Wildman–Crippen LogP) is 4.84. The molecule has 34 heavy (non-hydrogen) atoms. The van der Waals surface area contributed by atoms with Crippen molar-refractivity contribution in [1.29, 1.82) is 0 Å². The highest BCUT2D eigenvalue weighted by Gasteiger charge is 2.20. The summed E-state index contributed by atoms with van der Waals surface area (Å²) in [6, 6.07) is 10.6. The maximum absolute atomic E-state index is 13.3. The predicted molar refractivity (Wildman–Crippen MR) is 132 cm³/mol. The zero-order chi connectivity index (χ0) is 24.2. The fraction of sp³-hybridized carbons (Fsp3) is 0.385. The maximum Gasteiger partial charge on any atom is 0.262 e. The van der Waals surface area contributed by atoms with Gasteiger partial charge in [0.05, 0.1) is 16.7 Å². The van der Waals surface area contributed by atoms with Crippen LogP contribution in [0, 0.1) is 11.7 Å². The molecule has 178 valence electrons. The lowest BCUT2D eigenvalue weighted by Crippen LogP contribution is -2.32. The van der Waals surface area contributed by atoms with Gasteiger partial charge in [-0.15, -0.1) is 0 Å². The number of Topliss-reactive ketones (excluding diaryl/α,β-unsaturated/α-hetero) is 1. The van der Waals surface area contributed by atoms with E-state index < -0.39 is 5.82 Å². The third kappa shape index (κ3) is 5.55. The van der Waals surface area contributed by atoms with E-state index in [9.17, 15) is 18.8 Å². The van der Waals surface area contributed by atoms with Crippen LogP contribution in [0.5, 0.6) is 0 Å². The number of halogens is 1. The van der Waals surface area contributed by atoms with Crippen molar-refractivity contribution in [3.05, 3.63) is 69.8 Å². The number of fused-ring (bicyclic) bond motifs is 1. The number of hydrogen-bond donors (Lipinski definition) is 1. The second kappa shape index (κ2) is 10.5. The number of benzene rings is 2. The van der Waals surface area contributed by atoms with Crippen LogP contribution in [0.4, 0.5) is 4.39 Å². The number of carbonyl (C=O) groups excluding carboxylic acids is 2. The van der Waals surface area contributed by atoms with Crippen molar-refractivity contribution in [2.24, 2.45) is 5.92 Å². The fourth-order valence-corrected chi connectivity index (χ4v) is 5.07. The standard InChI is InChI=1S/C26H28FN3O3S/c1-16(2)14-30-25(33)21-12-9-18(24(32)28-20-5-3-4-6-20)13-22(21)29-26(30)34-15-23(31)17-7-10-19(27)11-8-17/h7-13,16,20H,3-6,14-15H2,1-2H3,(H,28,32). The second-order valence-corrected chi connectivity index (χ2v) is 10.1. The first-order valence-electron chi connectivity index (χ1n) is 11.6. The Balaban J connectivity index is 1.63. The van der Waals surface area contributed by atoms with Crippen LogP contribution in [0.3, 0.4) is 0 Å². The van der Waals surface area contributed by atoms with E-state index in [1.807, 2.05) is 13.8 Å². The number of aromatic nitrogens is 2. The molecule has 8 heteroatoms. The molecule has 1 saturated carbocycles. The molecular weight excluding hydrogens is 453 g/mol. The minimum absolute atomic E-state index is 0.0591. The van der Waals surface area contributed by atoms with E-state index in [0.717, 1.165) is 25.7 Å². The van der Waals surface area contributed by atoms with E-state index in [0.29, 0.717) is 33.7 Å². The van der Waals surface area contributed by atoms with Gasteiger partial charge in [-0.2, -0.15) is 0 Å². The molecule has 0 atom stereocenters. The molecule has 1 N–H and O–H groups in total. The summed E-state index contributed by atoms with van der Waals surface area (Å²) in [5, 5.41) is 3.93. The zero-order valence-electron chi connectivity index (χ0n) is 19.3. The summed E-state index contributed by atoms with van der Waals surface area (Å²) in [6.45, 7) is 4.47. The van der Waals surface area contributed by atoms with Gasteiger partial charge in [-0.25, -0.2) is 9.37 Å². The summed E-state index contributed by atoms with van der Waals surface area (Å²) in [5.41, 5.74) is 1.10. The van der Waals surface area contributed by atoms with Crippen molar-refractivity contribution in [2.75, 3.05) is 5.75 Å². The molecule has 0 spiro atoms. The van der Waals surface area contributed by atoms with E-state index in [2.05, 4.69) is 10.3 Å². The topological polar surface area (TPSA) is 81.1 Å². The van der Waals surface area contributed by atoms with Gasteiger partial charge in [-0.1, -0.05) is 38.5 Å². The summed E-state index contributed by atoms with van der Waals surface area (Å²) < 4.78 is 14.8. The third-order valence-corrected chi connectivity index (χ3v) is 6.90. The SMILES string of the molecule is CC(C)Cn1c(SCC(=O)c2ccc(F)cc2)nc2cc(C(=O)NC3CCCC3)ccc2c1=O. The van der Waals surface area contributed by atoms with Crippen molar-refractivity contribution >= 4 is 34.4 Å². The van der Waals surface area contributed by atoms with E-state index >= 15 is 0 Å². The number of ketones is 1. The van der Waals surface area contributed by atoms with Crippen molar-refractivity contribution < 1.29 is 14.0 Å². The van der Waals surface area contributed by atoms with E-state index in [1.165, 1.54) is 36.0 Å². The average Bonchev–Trinajstić information content (AvgIpc) is 3.32. The van der Waals surface area contributed by atoms with Crippen LogP contribution in [0.1, 0.15) is 60.2 Å². The minimum atomic E-state index is -0.404. The van der Waals surface area contributed by atoms with Crippen molar-refractivity contribution in [3.63, 3.8) is 0 Å². The van der Waals surface area contributed by atoms with Gasteiger partial charge in [0, 0.05) is 23.7 Å². The van der Waals surface area contributed by atoms with Crippen LogP contribution in [-0.4, -0.2) is 33.0 Å². The van der Waals surface area contributed by atoms with Gasteiger partial charge in [0.1, 0.15) is 5.82 Å². The first kappa shape index (κ1) is 24.1. The summed E-state index contributed by atoms with van der Waals surface area (Å²) in [6.07, 6.45) is 4.22. The first-order valence-corrected chi connectivity index (χ1v) is 12.6. The number of nitrogens with one attached hydrogen (secondary N) is 1. The molecule has 3 aromatic rings. The lowest BCUT2D eigenvalue weighted by molar-refractivity contribution is 0.0937. The Morgan fingerprint density at radius 1 is 1.12 bits per heavy atom. The fourth-order valence-electron chi connectivity index (χ4n) is 4.17. The number of amides is 1. The first-order chi connectivity index (χ1) is 16.3. The molecule has 1 amide bonds. The van der Waals surface area contributed by atoms with Gasteiger partial charge in [-0.05, 0) is 61.2 Å². The average molecular weight is 482 g/mol. The molecule has 1 heterocycles. The Bertz CT molecular complexity index is 1260. The Hall–Kier alpha value is -3.00. The van der Waals surface area contributed by atoms with Crippen molar-refractivity contribution in [2.45, 2.75) is 57.3 Å². The zero-order valence-corrected chi connectivity index (χ0v) is 20.2.